The molecule has 7 heteroatoms. The normalized spacial score (nSPS) is 23.6. The van der Waals surface area contributed by atoms with Gasteiger partial charge in [-0.3, -0.25) is 10.1 Å². The van der Waals surface area contributed by atoms with E-state index in [9.17, 15) is 18.0 Å². The van der Waals surface area contributed by atoms with Gasteiger partial charge in [-0.15, -0.1) is 0 Å². The second-order valence-electron chi connectivity index (χ2n) is 2.61. The van der Waals surface area contributed by atoms with Crippen LogP contribution in [-0.4, -0.2) is 38.4 Å². The Morgan fingerprint density at radius 2 is 2.00 bits per heavy atom. The van der Waals surface area contributed by atoms with Gasteiger partial charge in [0.15, 0.2) is 0 Å². The van der Waals surface area contributed by atoms with Gasteiger partial charge in [-0.2, -0.15) is 0 Å². The Kier molecular flexibility index (Phi) is 2.05. The summed E-state index contributed by atoms with van der Waals surface area (Å²) in [7, 11) is -3.24. The second kappa shape index (κ2) is 2.74. The lowest BCUT2D eigenvalue weighted by Gasteiger charge is -2.03. The first-order chi connectivity index (χ1) is 5.38. The van der Waals surface area contributed by atoms with E-state index in [1.807, 2.05) is 5.32 Å². The molecule has 1 fully saturated rings. The van der Waals surface area contributed by atoms with E-state index in [0.717, 1.165) is 6.26 Å². The molecular weight excluding hydrogens is 184 g/mol. The zero-order valence-electron chi connectivity index (χ0n) is 6.33. The molecule has 0 aliphatic carbocycles. The number of rotatable bonds is 2. The molecule has 0 aromatic heterocycles. The van der Waals surface area contributed by atoms with Crippen molar-refractivity contribution < 1.29 is 18.0 Å². The van der Waals surface area contributed by atoms with Crippen molar-refractivity contribution in [3.05, 3.63) is 0 Å². The Balaban J connectivity index is 2.67. The molecule has 68 valence electrons. The van der Waals surface area contributed by atoms with E-state index in [1.165, 1.54) is 0 Å². The van der Waals surface area contributed by atoms with Gasteiger partial charge in [-0.25, -0.2) is 13.2 Å². The number of hydrogen-bond donors (Lipinski definition) is 2. The lowest BCUT2D eigenvalue weighted by atomic mass is 10.3. The first-order valence-electron chi connectivity index (χ1n) is 3.17. The molecule has 1 aliphatic rings. The summed E-state index contributed by atoms with van der Waals surface area (Å²) in [4.78, 5) is 21.3. The van der Waals surface area contributed by atoms with Gasteiger partial charge in [0.05, 0.1) is 5.75 Å². The summed E-state index contributed by atoms with van der Waals surface area (Å²) in [5.74, 6) is -0.949. The van der Waals surface area contributed by atoms with Crippen LogP contribution in [0.1, 0.15) is 0 Å². The fourth-order valence-electron chi connectivity index (χ4n) is 0.879. The quantitative estimate of drug-likeness (QED) is 0.507. The van der Waals surface area contributed by atoms with Crippen LogP contribution in [0.4, 0.5) is 4.79 Å². The molecule has 0 spiro atoms. The minimum absolute atomic E-state index is 0.357. The minimum atomic E-state index is -3.24. The second-order valence-corrected chi connectivity index (χ2v) is 4.79. The van der Waals surface area contributed by atoms with Crippen molar-refractivity contribution in [3.63, 3.8) is 0 Å². The van der Waals surface area contributed by atoms with Crippen LogP contribution < -0.4 is 10.6 Å². The maximum absolute atomic E-state index is 10.8. The third-order valence-corrected chi connectivity index (χ3v) is 2.27. The molecule has 3 amide bonds. The topological polar surface area (TPSA) is 92.3 Å². The van der Waals surface area contributed by atoms with Crippen molar-refractivity contribution >= 4 is 21.8 Å². The van der Waals surface area contributed by atoms with Gasteiger partial charge in [0.2, 0.25) is 0 Å². The summed E-state index contributed by atoms with van der Waals surface area (Å²) in [5, 5.41) is 4.12. The highest BCUT2D eigenvalue weighted by atomic mass is 32.2. The highest BCUT2D eigenvalue weighted by molar-refractivity contribution is 7.90. The maximum atomic E-state index is 10.8. The number of amides is 3. The largest absolute Gasteiger partial charge is 0.325 e. The predicted octanol–water partition coefficient (Wildman–Crippen LogP) is -1.76. The first kappa shape index (κ1) is 8.98. The number of nitrogens with one attached hydrogen (secondary N) is 2. The highest BCUT2D eigenvalue weighted by Gasteiger charge is 2.31. The highest BCUT2D eigenvalue weighted by Crippen LogP contribution is 1.96. The van der Waals surface area contributed by atoms with Crippen LogP contribution in [0.3, 0.4) is 0 Å². The third-order valence-electron chi connectivity index (χ3n) is 1.33. The van der Waals surface area contributed by atoms with Crippen LogP contribution in [0, 0.1) is 0 Å². The van der Waals surface area contributed by atoms with Crippen molar-refractivity contribution in [1.29, 1.82) is 0 Å². The van der Waals surface area contributed by atoms with Gasteiger partial charge < -0.3 is 5.32 Å². The number of imide groups is 1. The summed E-state index contributed by atoms with van der Waals surface area (Å²) in [6, 6.07) is -1.58. The Morgan fingerprint density at radius 1 is 1.42 bits per heavy atom. The summed E-state index contributed by atoms with van der Waals surface area (Å²) in [5.41, 5.74) is 0. The van der Waals surface area contributed by atoms with E-state index in [0.29, 0.717) is 0 Å². The molecule has 2 N–H and O–H groups in total. The number of carbonyl (C=O) groups is 2. The number of hydrogen-bond acceptors (Lipinski definition) is 4. The molecule has 0 aromatic carbocycles. The lowest BCUT2D eigenvalue weighted by molar-refractivity contribution is -0.119. The van der Waals surface area contributed by atoms with Crippen LogP contribution in [0.5, 0.6) is 0 Å². The molecule has 1 atom stereocenters. The Labute approximate surface area is 69.2 Å². The van der Waals surface area contributed by atoms with Crippen LogP contribution in [0.25, 0.3) is 0 Å². The SMILES string of the molecule is CS(=O)(=O)CC1NC(=O)NC1=O. The average Bonchev–Trinajstić information content (AvgIpc) is 2.06. The van der Waals surface area contributed by atoms with Crippen molar-refractivity contribution in [2.24, 2.45) is 0 Å². The van der Waals surface area contributed by atoms with Crippen molar-refractivity contribution in [2.45, 2.75) is 6.04 Å². The molecular formula is C5H8N2O4S. The fourth-order valence-corrected chi connectivity index (χ4v) is 1.72. The molecule has 1 heterocycles. The lowest BCUT2D eigenvalue weighted by Crippen LogP contribution is -2.35. The Hall–Kier alpha value is -1.11. The van der Waals surface area contributed by atoms with E-state index < -0.39 is 27.8 Å². The smallest absolute Gasteiger partial charge is 0.322 e. The zero-order chi connectivity index (χ0) is 9.35. The molecule has 0 saturated carbocycles. The molecule has 12 heavy (non-hydrogen) atoms. The van der Waals surface area contributed by atoms with Crippen LogP contribution in [0.2, 0.25) is 0 Å². The number of sulfone groups is 1. The van der Waals surface area contributed by atoms with Crippen LogP contribution in [0.15, 0.2) is 0 Å². The minimum Gasteiger partial charge on any atom is -0.325 e. The van der Waals surface area contributed by atoms with Gasteiger partial charge in [-0.1, -0.05) is 0 Å². The van der Waals surface area contributed by atoms with Gasteiger partial charge >= 0.3 is 6.03 Å². The molecule has 1 rings (SSSR count). The molecule has 0 radical (unpaired) electrons. The third kappa shape index (κ3) is 2.19. The first-order valence-corrected chi connectivity index (χ1v) is 5.23. The predicted molar refractivity (Wildman–Crippen MR) is 40.2 cm³/mol. The standard InChI is InChI=1S/C5H8N2O4S/c1-12(10,11)2-3-4(8)7-5(9)6-3/h3H,2H2,1H3,(H2,6,7,8,9). The summed E-state index contributed by atoms with van der Waals surface area (Å²) < 4.78 is 21.4. The van der Waals surface area contributed by atoms with Crippen LogP contribution >= 0.6 is 0 Å². The Morgan fingerprint density at radius 3 is 2.33 bits per heavy atom. The molecule has 6 nitrogen and oxygen atoms in total. The number of carbonyl (C=O) groups excluding carboxylic acids is 2. The monoisotopic (exact) mass is 192 g/mol. The number of urea groups is 1. The molecule has 1 unspecified atom stereocenters. The zero-order valence-corrected chi connectivity index (χ0v) is 7.14. The van der Waals surface area contributed by atoms with Crippen molar-refractivity contribution in [2.75, 3.05) is 12.0 Å². The average molecular weight is 192 g/mol. The van der Waals surface area contributed by atoms with Gasteiger partial charge in [0.1, 0.15) is 15.9 Å². The molecule has 0 bridgehead atoms. The summed E-state index contributed by atoms with van der Waals surface area (Å²) >= 11 is 0. The molecule has 1 aliphatic heterocycles. The van der Waals surface area contributed by atoms with E-state index in [2.05, 4.69) is 5.32 Å². The van der Waals surface area contributed by atoms with E-state index >= 15 is 0 Å². The summed E-state index contributed by atoms with van der Waals surface area (Å²) in [6.07, 6.45) is 1.00. The van der Waals surface area contributed by atoms with Gasteiger partial charge in [-0.05, 0) is 0 Å². The van der Waals surface area contributed by atoms with Gasteiger partial charge in [0, 0.05) is 6.26 Å². The van der Waals surface area contributed by atoms with Crippen LogP contribution in [-0.2, 0) is 14.6 Å². The van der Waals surface area contributed by atoms with E-state index in [4.69, 9.17) is 0 Å². The molecule has 1 saturated heterocycles. The summed E-state index contributed by atoms with van der Waals surface area (Å²) in [6.45, 7) is 0. The van der Waals surface area contributed by atoms with Crippen molar-refractivity contribution in [3.8, 4) is 0 Å². The van der Waals surface area contributed by atoms with E-state index in [-0.39, 0.29) is 5.75 Å². The Bertz CT molecular complexity index is 320. The van der Waals surface area contributed by atoms with Crippen molar-refractivity contribution in [1.82, 2.24) is 10.6 Å². The van der Waals surface area contributed by atoms with E-state index in [1.54, 1.807) is 0 Å². The molecule has 0 aromatic rings. The van der Waals surface area contributed by atoms with Gasteiger partial charge in [0.25, 0.3) is 5.91 Å². The maximum Gasteiger partial charge on any atom is 0.322 e. The fraction of sp³-hybridized carbons (Fsp3) is 0.600.